The average molecular weight is 323 g/mol. The second-order valence-electron chi connectivity index (χ2n) is 6.80. The first kappa shape index (κ1) is 15.5. The minimum Gasteiger partial charge on any atom is -0.361 e. The lowest BCUT2D eigenvalue weighted by atomic mass is 9.85. The Kier molecular flexibility index (Phi) is 4.15. The van der Waals surface area contributed by atoms with E-state index in [1.54, 1.807) is 6.20 Å². The van der Waals surface area contributed by atoms with E-state index in [1.807, 2.05) is 6.07 Å². The highest BCUT2D eigenvalue weighted by atomic mass is 16.5. The zero-order chi connectivity index (χ0) is 16.5. The Hall–Kier alpha value is -2.07. The summed E-state index contributed by atoms with van der Waals surface area (Å²) < 4.78 is 5.47. The van der Waals surface area contributed by atoms with E-state index >= 15 is 0 Å². The van der Waals surface area contributed by atoms with Gasteiger partial charge in [0.05, 0.1) is 6.20 Å². The highest BCUT2D eigenvalue weighted by Crippen LogP contribution is 2.37. The van der Waals surface area contributed by atoms with Crippen molar-refractivity contribution in [1.29, 1.82) is 0 Å². The Morgan fingerprint density at radius 3 is 2.71 bits per heavy atom. The van der Waals surface area contributed by atoms with Crippen LogP contribution >= 0.6 is 0 Å². The van der Waals surface area contributed by atoms with Gasteiger partial charge in [0.1, 0.15) is 0 Å². The summed E-state index contributed by atoms with van der Waals surface area (Å²) in [6, 6.07) is 6.87. The van der Waals surface area contributed by atoms with Crippen LogP contribution in [0.25, 0.3) is 22.2 Å². The molecule has 4 rings (SSSR count). The number of aromatic amines is 1. The van der Waals surface area contributed by atoms with Crippen molar-refractivity contribution < 1.29 is 4.52 Å². The molecule has 1 aliphatic carbocycles. The van der Waals surface area contributed by atoms with Gasteiger partial charge in [0.25, 0.3) is 0 Å². The molecule has 2 heterocycles. The number of hydrogen-bond donors (Lipinski definition) is 1. The lowest BCUT2D eigenvalue weighted by Gasteiger charge is -2.34. The third-order valence-corrected chi connectivity index (χ3v) is 5.17. The number of nitrogens with zero attached hydrogens (tertiary/aromatic N) is 2. The molecule has 0 spiro atoms. The lowest BCUT2D eigenvalue weighted by Crippen LogP contribution is -2.41. The Bertz CT molecular complexity index is 813. The molecule has 1 atom stereocenters. The maximum absolute atomic E-state index is 5.47. The molecule has 0 amide bonds. The van der Waals surface area contributed by atoms with Gasteiger partial charge in [-0.05, 0) is 62.0 Å². The van der Waals surface area contributed by atoms with Crippen LogP contribution in [0.5, 0.6) is 0 Å². The normalized spacial score (nSPS) is 17.0. The summed E-state index contributed by atoms with van der Waals surface area (Å²) >= 11 is 0. The molecule has 4 nitrogen and oxygen atoms in total. The van der Waals surface area contributed by atoms with Gasteiger partial charge in [-0.1, -0.05) is 19.0 Å². The molecular formula is C20H25N3O. The average Bonchev–Trinajstić information content (AvgIpc) is 3.26. The lowest BCUT2D eigenvalue weighted by molar-refractivity contribution is 0.192. The predicted octanol–water partition coefficient (Wildman–Crippen LogP) is 4.41. The molecule has 24 heavy (non-hydrogen) atoms. The van der Waals surface area contributed by atoms with Crippen molar-refractivity contribution in [3.8, 4) is 11.3 Å². The summed E-state index contributed by atoms with van der Waals surface area (Å²) in [5, 5.41) is 5.30. The van der Waals surface area contributed by atoms with E-state index in [0.29, 0.717) is 6.04 Å². The van der Waals surface area contributed by atoms with Crippen LogP contribution in [0.4, 0.5) is 0 Å². The third kappa shape index (κ3) is 2.55. The summed E-state index contributed by atoms with van der Waals surface area (Å²) in [6.45, 7) is 6.89. The maximum atomic E-state index is 5.47. The summed E-state index contributed by atoms with van der Waals surface area (Å²) in [6.07, 6.45) is 8.54. The van der Waals surface area contributed by atoms with E-state index in [1.165, 1.54) is 53.5 Å². The first-order valence-electron chi connectivity index (χ1n) is 9.08. The quantitative estimate of drug-likeness (QED) is 0.730. The Balaban J connectivity index is 1.78. The predicted molar refractivity (Wildman–Crippen MR) is 97.1 cm³/mol. The van der Waals surface area contributed by atoms with Crippen molar-refractivity contribution in [1.82, 2.24) is 15.0 Å². The molecule has 2 aromatic heterocycles. The second-order valence-corrected chi connectivity index (χ2v) is 6.80. The number of nitrogens with one attached hydrogen (secondary N) is 1. The number of H-pyrrole nitrogens is 1. The van der Waals surface area contributed by atoms with Crippen molar-refractivity contribution in [2.45, 2.75) is 45.6 Å². The smallest absolute Gasteiger partial charge is 0.167 e. The van der Waals surface area contributed by atoms with Crippen molar-refractivity contribution in [2.75, 3.05) is 13.1 Å². The van der Waals surface area contributed by atoms with Crippen LogP contribution in [0.1, 0.15) is 37.8 Å². The topological polar surface area (TPSA) is 45.1 Å². The van der Waals surface area contributed by atoms with Crippen molar-refractivity contribution in [2.24, 2.45) is 0 Å². The fourth-order valence-corrected chi connectivity index (χ4v) is 4.20. The zero-order valence-corrected chi connectivity index (χ0v) is 14.5. The monoisotopic (exact) mass is 323 g/mol. The van der Waals surface area contributed by atoms with E-state index in [-0.39, 0.29) is 0 Å². The molecular weight excluding hydrogens is 298 g/mol. The van der Waals surface area contributed by atoms with Gasteiger partial charge in [-0.15, -0.1) is 0 Å². The van der Waals surface area contributed by atoms with Gasteiger partial charge in [0.2, 0.25) is 0 Å². The van der Waals surface area contributed by atoms with Crippen LogP contribution in [0.3, 0.4) is 0 Å². The highest BCUT2D eigenvalue weighted by molar-refractivity contribution is 5.92. The van der Waals surface area contributed by atoms with Crippen LogP contribution < -0.4 is 0 Å². The van der Waals surface area contributed by atoms with Crippen LogP contribution in [0, 0.1) is 0 Å². The SMILES string of the molecule is CCCN(CCC)C1Cc2c[nH]c3ccc(-c4ccno4)c(c23)C1. The molecule has 1 unspecified atom stereocenters. The van der Waals surface area contributed by atoms with Gasteiger partial charge in [0, 0.05) is 34.8 Å². The highest BCUT2D eigenvalue weighted by Gasteiger charge is 2.28. The van der Waals surface area contributed by atoms with Crippen LogP contribution in [-0.4, -0.2) is 34.2 Å². The van der Waals surface area contributed by atoms with Crippen molar-refractivity contribution >= 4 is 10.9 Å². The van der Waals surface area contributed by atoms with Gasteiger partial charge in [-0.25, -0.2) is 0 Å². The second kappa shape index (κ2) is 6.44. The Labute approximate surface area is 142 Å². The van der Waals surface area contributed by atoms with Gasteiger partial charge in [0.15, 0.2) is 5.76 Å². The molecule has 3 aromatic rings. The molecule has 0 saturated heterocycles. The molecule has 126 valence electrons. The number of hydrogen-bond acceptors (Lipinski definition) is 3. The van der Waals surface area contributed by atoms with E-state index in [2.05, 4.69) is 47.2 Å². The van der Waals surface area contributed by atoms with Crippen LogP contribution in [0.15, 0.2) is 35.1 Å². The van der Waals surface area contributed by atoms with Gasteiger partial charge in [-0.3, -0.25) is 4.90 Å². The molecule has 1 aromatic carbocycles. The first-order chi connectivity index (χ1) is 11.8. The van der Waals surface area contributed by atoms with Gasteiger partial charge >= 0.3 is 0 Å². The van der Waals surface area contributed by atoms with Gasteiger partial charge < -0.3 is 9.51 Å². The first-order valence-corrected chi connectivity index (χ1v) is 9.08. The molecule has 1 N–H and O–H groups in total. The summed E-state index contributed by atoms with van der Waals surface area (Å²) in [7, 11) is 0. The minimum atomic E-state index is 0.570. The Morgan fingerprint density at radius 2 is 2.00 bits per heavy atom. The molecule has 0 aliphatic heterocycles. The largest absolute Gasteiger partial charge is 0.361 e. The van der Waals surface area contributed by atoms with E-state index < -0.39 is 0 Å². The molecule has 4 heteroatoms. The molecule has 0 bridgehead atoms. The van der Waals surface area contributed by atoms with E-state index in [0.717, 1.165) is 18.6 Å². The van der Waals surface area contributed by atoms with Gasteiger partial charge in [-0.2, -0.15) is 0 Å². The molecule has 0 saturated carbocycles. The zero-order valence-electron chi connectivity index (χ0n) is 14.5. The maximum Gasteiger partial charge on any atom is 0.167 e. The molecule has 0 radical (unpaired) electrons. The van der Waals surface area contributed by atoms with Crippen LogP contribution in [-0.2, 0) is 12.8 Å². The summed E-state index contributed by atoms with van der Waals surface area (Å²) in [5.74, 6) is 0.872. The number of benzene rings is 1. The Morgan fingerprint density at radius 1 is 1.17 bits per heavy atom. The van der Waals surface area contributed by atoms with Crippen LogP contribution in [0.2, 0.25) is 0 Å². The third-order valence-electron chi connectivity index (χ3n) is 5.17. The minimum absolute atomic E-state index is 0.570. The van der Waals surface area contributed by atoms with Crippen molar-refractivity contribution in [3.05, 3.63) is 41.7 Å². The standard InChI is InChI=1S/C20H25N3O/c1-3-9-23(10-4-2)15-11-14-13-21-18-6-5-16(17(12-15)20(14)18)19-7-8-22-24-19/h5-8,13,15,21H,3-4,9-12H2,1-2H3. The van der Waals surface area contributed by atoms with Crippen molar-refractivity contribution in [3.63, 3.8) is 0 Å². The van der Waals surface area contributed by atoms with E-state index in [9.17, 15) is 0 Å². The summed E-state index contributed by atoms with van der Waals surface area (Å²) in [4.78, 5) is 6.12. The fourth-order valence-electron chi connectivity index (χ4n) is 4.20. The fraction of sp³-hybridized carbons (Fsp3) is 0.450. The summed E-state index contributed by atoms with van der Waals surface area (Å²) in [5.41, 5.74) is 5.28. The number of rotatable bonds is 6. The van der Waals surface area contributed by atoms with E-state index in [4.69, 9.17) is 4.52 Å². The number of aromatic nitrogens is 2. The molecule has 1 aliphatic rings. The molecule has 0 fully saturated rings.